The van der Waals surface area contributed by atoms with Gasteiger partial charge in [0, 0.05) is 34.5 Å². The van der Waals surface area contributed by atoms with E-state index in [2.05, 4.69) is 0 Å². The molecule has 1 unspecified atom stereocenters. The normalized spacial score (nSPS) is 21.0. The van der Waals surface area contributed by atoms with Gasteiger partial charge in [-0.3, -0.25) is 0 Å². The Morgan fingerprint density at radius 1 is 1.20 bits per heavy atom. The largest absolute Gasteiger partial charge is 0.495 e. The lowest BCUT2D eigenvalue weighted by molar-refractivity contribution is 0.107. The van der Waals surface area contributed by atoms with E-state index in [0.717, 1.165) is 6.61 Å². The molecule has 1 aliphatic rings. The van der Waals surface area contributed by atoms with Gasteiger partial charge in [0.1, 0.15) is 0 Å². The van der Waals surface area contributed by atoms with Crippen LogP contribution in [0.3, 0.4) is 0 Å². The Morgan fingerprint density at radius 3 is 2.07 bits per heavy atom. The fourth-order valence-corrected chi connectivity index (χ4v) is 5.78. The topological polar surface area (TPSA) is 58.7 Å². The van der Waals surface area contributed by atoms with E-state index in [0.29, 0.717) is 6.04 Å². The first-order valence-corrected chi connectivity index (χ1v) is 7.99. The van der Waals surface area contributed by atoms with Gasteiger partial charge in [-0.2, -0.15) is 0 Å². The second-order valence-electron chi connectivity index (χ2n) is 3.13. The maximum Gasteiger partial charge on any atom is 0.495 e. The van der Waals surface area contributed by atoms with Crippen molar-refractivity contribution in [2.75, 3.05) is 35.0 Å². The maximum absolute atomic E-state index is 5.69. The van der Waals surface area contributed by atoms with E-state index in [1.54, 1.807) is 28.4 Å². The number of hydrogen-bond donors (Lipinski definition) is 0. The van der Waals surface area contributed by atoms with Crippen molar-refractivity contribution < 1.29 is 26.6 Å². The summed E-state index contributed by atoms with van der Waals surface area (Å²) >= 11 is 0. The average Bonchev–Trinajstić information content (AvgIpc) is 3.08. The molecule has 0 aromatic rings. The van der Waals surface area contributed by atoms with Crippen molar-refractivity contribution in [1.29, 1.82) is 0 Å². The first-order chi connectivity index (χ1) is 7.19. The minimum Gasteiger partial charge on any atom is -0.380 e. The minimum atomic E-state index is -2.66. The van der Waals surface area contributed by atoms with Crippen molar-refractivity contribution >= 4 is 18.3 Å². The standard InChI is InChI=1S/C7H18O6Si2/c1-8-14(9-2)13-15(10-3,11-4)6-7-5-12-7/h7,14H,5-6H2,1-4H3. The van der Waals surface area contributed by atoms with Crippen LogP contribution in [0.1, 0.15) is 0 Å². The fraction of sp³-hybridized carbons (Fsp3) is 1.00. The van der Waals surface area contributed by atoms with Gasteiger partial charge in [0.2, 0.25) is 0 Å². The van der Waals surface area contributed by atoms with Crippen LogP contribution >= 0.6 is 0 Å². The van der Waals surface area contributed by atoms with Crippen LogP contribution in [-0.2, 0) is 26.6 Å². The monoisotopic (exact) mass is 254 g/mol. The highest BCUT2D eigenvalue weighted by Gasteiger charge is 2.48. The summed E-state index contributed by atoms with van der Waals surface area (Å²) in [4.78, 5) is 0. The van der Waals surface area contributed by atoms with Crippen molar-refractivity contribution in [2.45, 2.75) is 12.1 Å². The van der Waals surface area contributed by atoms with Crippen LogP contribution in [0.15, 0.2) is 0 Å². The Labute approximate surface area is 92.7 Å². The quantitative estimate of drug-likeness (QED) is 0.436. The van der Waals surface area contributed by atoms with E-state index in [1.807, 2.05) is 0 Å². The summed E-state index contributed by atoms with van der Waals surface area (Å²) in [6.07, 6.45) is 0.194. The maximum atomic E-state index is 5.69. The zero-order chi connectivity index (χ0) is 11.3. The zero-order valence-corrected chi connectivity index (χ0v) is 11.7. The predicted molar refractivity (Wildman–Crippen MR) is 56.6 cm³/mol. The van der Waals surface area contributed by atoms with Crippen LogP contribution in [0.2, 0.25) is 6.04 Å². The molecule has 1 fully saturated rings. The molecule has 0 aromatic carbocycles. The van der Waals surface area contributed by atoms with E-state index in [-0.39, 0.29) is 6.10 Å². The summed E-state index contributed by atoms with van der Waals surface area (Å²) < 4.78 is 31.7. The number of epoxide rings is 1. The molecule has 0 radical (unpaired) electrons. The molecule has 1 heterocycles. The molecule has 1 saturated heterocycles. The van der Waals surface area contributed by atoms with E-state index in [1.165, 1.54) is 0 Å². The van der Waals surface area contributed by atoms with Gasteiger partial charge in [0.05, 0.1) is 12.7 Å². The average molecular weight is 254 g/mol. The van der Waals surface area contributed by atoms with Gasteiger partial charge in [0.15, 0.2) is 0 Å². The van der Waals surface area contributed by atoms with Gasteiger partial charge >= 0.3 is 18.3 Å². The van der Waals surface area contributed by atoms with Gasteiger partial charge in [-0.1, -0.05) is 0 Å². The lowest BCUT2D eigenvalue weighted by atomic mass is 10.6. The van der Waals surface area contributed by atoms with Gasteiger partial charge in [-0.25, -0.2) is 0 Å². The third-order valence-electron chi connectivity index (χ3n) is 2.16. The molecular weight excluding hydrogens is 236 g/mol. The third kappa shape index (κ3) is 3.92. The van der Waals surface area contributed by atoms with Gasteiger partial charge in [0.25, 0.3) is 0 Å². The highest BCUT2D eigenvalue weighted by molar-refractivity contribution is 6.67. The molecule has 90 valence electrons. The Bertz CT molecular complexity index is 180. The molecular formula is C7H18O6Si2. The minimum absolute atomic E-state index is 0.194. The highest BCUT2D eigenvalue weighted by Crippen LogP contribution is 2.25. The molecule has 0 N–H and O–H groups in total. The molecule has 15 heavy (non-hydrogen) atoms. The van der Waals surface area contributed by atoms with Crippen molar-refractivity contribution in [3.8, 4) is 0 Å². The van der Waals surface area contributed by atoms with E-state index in [4.69, 9.17) is 26.6 Å². The lowest BCUT2D eigenvalue weighted by Crippen LogP contribution is -2.50. The molecule has 1 aliphatic heterocycles. The second kappa shape index (κ2) is 6.06. The second-order valence-corrected chi connectivity index (χ2v) is 8.18. The molecule has 1 rings (SSSR count). The lowest BCUT2D eigenvalue weighted by Gasteiger charge is -2.28. The van der Waals surface area contributed by atoms with Crippen LogP contribution in [0.4, 0.5) is 0 Å². The summed E-state index contributed by atoms with van der Waals surface area (Å²) in [5, 5.41) is 0. The van der Waals surface area contributed by atoms with Crippen LogP contribution < -0.4 is 0 Å². The van der Waals surface area contributed by atoms with E-state index >= 15 is 0 Å². The first-order valence-electron chi connectivity index (χ1n) is 4.65. The molecule has 0 spiro atoms. The molecule has 1 atom stereocenters. The van der Waals surface area contributed by atoms with E-state index in [9.17, 15) is 0 Å². The van der Waals surface area contributed by atoms with Crippen molar-refractivity contribution in [1.82, 2.24) is 0 Å². The molecule has 0 aliphatic carbocycles. The zero-order valence-electron chi connectivity index (χ0n) is 9.52. The Kier molecular flexibility index (Phi) is 5.36. The number of hydrogen-bond acceptors (Lipinski definition) is 6. The van der Waals surface area contributed by atoms with Crippen LogP contribution in [0.25, 0.3) is 0 Å². The first kappa shape index (κ1) is 13.3. The van der Waals surface area contributed by atoms with Crippen LogP contribution in [0, 0.1) is 0 Å². The summed E-state index contributed by atoms with van der Waals surface area (Å²) in [6, 6.07) is 0.649. The summed E-state index contributed by atoms with van der Waals surface area (Å²) in [7, 11) is 1.47. The Balaban J connectivity index is 2.52. The fourth-order valence-electron chi connectivity index (χ4n) is 1.20. The van der Waals surface area contributed by atoms with Crippen molar-refractivity contribution in [2.24, 2.45) is 0 Å². The smallest absolute Gasteiger partial charge is 0.380 e. The van der Waals surface area contributed by atoms with Crippen molar-refractivity contribution in [3.63, 3.8) is 0 Å². The molecule has 6 nitrogen and oxygen atoms in total. The molecule has 0 amide bonds. The highest BCUT2D eigenvalue weighted by atomic mass is 28.4. The predicted octanol–water partition coefficient (Wildman–Crippen LogP) is -0.357. The molecule has 8 heteroatoms. The number of rotatable bonds is 8. The Morgan fingerprint density at radius 2 is 1.73 bits per heavy atom. The summed E-state index contributed by atoms with van der Waals surface area (Å²) in [5.74, 6) is 0. The molecule has 0 saturated carbocycles. The summed E-state index contributed by atoms with van der Waals surface area (Å²) in [5.41, 5.74) is 0. The SMILES string of the molecule is CO[SiH](OC)O[Si](CC1CO1)(OC)OC. The Hall–Kier alpha value is 0.194. The van der Waals surface area contributed by atoms with E-state index < -0.39 is 18.3 Å². The number of ether oxygens (including phenoxy) is 1. The van der Waals surface area contributed by atoms with Gasteiger partial charge in [-0.05, 0) is 0 Å². The molecule has 0 bridgehead atoms. The summed E-state index contributed by atoms with van der Waals surface area (Å²) in [6.45, 7) is 0.747. The third-order valence-corrected chi connectivity index (χ3v) is 7.34. The van der Waals surface area contributed by atoms with Crippen LogP contribution in [-0.4, -0.2) is 59.5 Å². The molecule has 0 aromatic heterocycles. The van der Waals surface area contributed by atoms with Crippen LogP contribution in [0.5, 0.6) is 0 Å². The van der Waals surface area contributed by atoms with Gasteiger partial charge in [-0.15, -0.1) is 0 Å². The van der Waals surface area contributed by atoms with Gasteiger partial charge < -0.3 is 26.6 Å². The van der Waals surface area contributed by atoms with Crippen molar-refractivity contribution in [3.05, 3.63) is 0 Å².